The van der Waals surface area contributed by atoms with Gasteiger partial charge in [-0.1, -0.05) is 4.21 Å². The first-order chi connectivity index (χ1) is 11.6. The highest BCUT2D eigenvalue weighted by Gasteiger charge is 2.38. The number of fused-ring (bicyclic) bond motifs is 1. The molecule has 0 bridgehead atoms. The molecule has 0 aliphatic carbocycles. The van der Waals surface area contributed by atoms with E-state index in [-0.39, 0.29) is 22.0 Å². The first-order valence-electron chi connectivity index (χ1n) is 6.94. The van der Waals surface area contributed by atoms with Gasteiger partial charge in [0.05, 0.1) is 5.56 Å². The van der Waals surface area contributed by atoms with Gasteiger partial charge in [0.2, 0.25) is 15.1 Å². The number of pyridine rings is 1. The van der Waals surface area contributed by atoms with Crippen LogP contribution in [0.4, 0.5) is 13.2 Å². The molecule has 1 unspecified atom stereocenters. The van der Waals surface area contributed by atoms with E-state index in [0.29, 0.717) is 22.5 Å². The summed E-state index contributed by atoms with van der Waals surface area (Å²) in [5.74, 6) is -0.247. The van der Waals surface area contributed by atoms with Crippen molar-refractivity contribution >= 4 is 31.8 Å². The molecule has 0 aromatic carbocycles. The monoisotopic (exact) mass is 435 g/mol. The minimum absolute atomic E-state index is 0.0674. The van der Waals surface area contributed by atoms with Crippen molar-refractivity contribution in [2.45, 2.75) is 18.0 Å². The summed E-state index contributed by atoms with van der Waals surface area (Å²) in [5, 5.41) is 0. The van der Waals surface area contributed by atoms with Crippen LogP contribution >= 0.6 is 15.9 Å². The topological polar surface area (TPSA) is 80.4 Å². The Morgan fingerprint density at radius 1 is 1.32 bits per heavy atom. The van der Waals surface area contributed by atoms with Gasteiger partial charge in [0, 0.05) is 24.5 Å². The van der Waals surface area contributed by atoms with Crippen LogP contribution in [-0.4, -0.2) is 29.7 Å². The molecule has 11 heteroatoms. The number of aromatic nitrogens is 4. The molecule has 0 amide bonds. The molecule has 0 radical (unpaired) electrons. The lowest BCUT2D eigenvalue weighted by Crippen LogP contribution is -2.17. The van der Waals surface area contributed by atoms with Gasteiger partial charge in [-0.15, -0.1) is 0 Å². The highest BCUT2D eigenvalue weighted by Crippen LogP contribution is 2.35. The van der Waals surface area contributed by atoms with Crippen LogP contribution in [0.5, 0.6) is 0 Å². The van der Waals surface area contributed by atoms with E-state index >= 15 is 0 Å². The van der Waals surface area contributed by atoms with Crippen molar-refractivity contribution in [2.24, 2.45) is 0 Å². The molecule has 1 atom stereocenters. The van der Waals surface area contributed by atoms with Gasteiger partial charge in [0.25, 0.3) is 0 Å². The Morgan fingerprint density at radius 3 is 2.68 bits per heavy atom. The minimum Gasteiger partial charge on any atom is -0.290 e. The van der Waals surface area contributed by atoms with Crippen molar-refractivity contribution in [2.75, 3.05) is 5.75 Å². The molecular formula is C14H11BrF3N4O2S+. The highest BCUT2D eigenvalue weighted by atomic mass is 79.9. The van der Waals surface area contributed by atoms with Crippen LogP contribution < -0.4 is 0 Å². The van der Waals surface area contributed by atoms with Crippen LogP contribution in [0.15, 0.2) is 40.4 Å². The quantitative estimate of drug-likeness (QED) is 0.497. The molecule has 0 aliphatic heterocycles. The third-order valence-electron chi connectivity index (χ3n) is 3.47. The van der Waals surface area contributed by atoms with Gasteiger partial charge < -0.3 is 0 Å². The van der Waals surface area contributed by atoms with Crippen LogP contribution in [0.1, 0.15) is 12.5 Å². The van der Waals surface area contributed by atoms with Gasteiger partial charge in [-0.25, -0.2) is 15.0 Å². The van der Waals surface area contributed by atoms with E-state index in [1.165, 1.54) is 23.8 Å². The Morgan fingerprint density at radius 2 is 2.04 bits per heavy atom. The number of alkyl halides is 3. The van der Waals surface area contributed by atoms with Crippen molar-refractivity contribution in [3.05, 3.63) is 41.0 Å². The molecule has 0 spiro atoms. The predicted octanol–water partition coefficient (Wildman–Crippen LogP) is 3.92. The lowest BCUT2D eigenvalue weighted by Gasteiger charge is -2.10. The SMILES string of the molecule is CC[S+](=O)(O)c1cc(C(F)(F)F)cnc1-c1cn2cnc(Br)cc2n1. The summed E-state index contributed by atoms with van der Waals surface area (Å²) >= 11 is 3.20. The van der Waals surface area contributed by atoms with E-state index in [9.17, 15) is 21.9 Å². The Labute approximate surface area is 149 Å². The molecule has 3 aromatic heterocycles. The summed E-state index contributed by atoms with van der Waals surface area (Å²) in [6, 6.07) is 2.26. The van der Waals surface area contributed by atoms with Crippen LogP contribution in [0.2, 0.25) is 0 Å². The molecule has 0 aliphatic rings. The molecule has 3 aromatic rings. The molecule has 0 saturated heterocycles. The van der Waals surface area contributed by atoms with Crippen molar-refractivity contribution < 1.29 is 21.9 Å². The number of imidazole rings is 1. The fourth-order valence-electron chi connectivity index (χ4n) is 2.17. The predicted molar refractivity (Wildman–Crippen MR) is 88.4 cm³/mol. The third-order valence-corrected chi connectivity index (χ3v) is 5.69. The van der Waals surface area contributed by atoms with Gasteiger partial charge in [-0.2, -0.15) is 17.7 Å². The van der Waals surface area contributed by atoms with E-state index in [4.69, 9.17) is 0 Å². The number of hydrogen-bond donors (Lipinski definition) is 1. The molecule has 25 heavy (non-hydrogen) atoms. The summed E-state index contributed by atoms with van der Waals surface area (Å²) in [6.07, 6.45) is -1.10. The number of rotatable bonds is 3. The van der Waals surface area contributed by atoms with Crippen molar-refractivity contribution in [1.82, 2.24) is 19.4 Å². The number of halogens is 4. The van der Waals surface area contributed by atoms with Gasteiger partial charge in [-0.05, 0) is 22.9 Å². The standard InChI is InChI=1S/C14H10BrF3N4O2S/c1-2-25(23,24)10-3-8(14(16,17)18)5-19-13(10)9-6-22-7-20-11(15)4-12(22)21-9/h3-7H,2H2,1H3/p+1. The van der Waals surface area contributed by atoms with Crippen LogP contribution in [0, 0.1) is 0 Å². The lowest BCUT2D eigenvalue weighted by atomic mass is 10.2. The minimum atomic E-state index is -4.67. The van der Waals surface area contributed by atoms with Gasteiger partial charge in [0.1, 0.15) is 33.7 Å². The average molecular weight is 436 g/mol. The first kappa shape index (κ1) is 18.0. The average Bonchev–Trinajstić information content (AvgIpc) is 2.96. The second-order valence-corrected chi connectivity index (χ2v) is 8.21. The summed E-state index contributed by atoms with van der Waals surface area (Å²) in [4.78, 5) is 11.7. The summed E-state index contributed by atoms with van der Waals surface area (Å²) in [5.41, 5.74) is -0.513. The van der Waals surface area contributed by atoms with E-state index < -0.39 is 22.0 Å². The van der Waals surface area contributed by atoms with E-state index in [2.05, 4.69) is 30.9 Å². The molecule has 0 saturated carbocycles. The molecular weight excluding hydrogens is 425 g/mol. The second-order valence-electron chi connectivity index (χ2n) is 5.10. The molecule has 6 nitrogen and oxygen atoms in total. The Bertz CT molecular complexity index is 1010. The molecule has 132 valence electrons. The summed E-state index contributed by atoms with van der Waals surface area (Å²) < 4.78 is 63.4. The Balaban J connectivity index is 2.25. The van der Waals surface area contributed by atoms with Crippen molar-refractivity contribution in [3.63, 3.8) is 0 Å². The van der Waals surface area contributed by atoms with E-state index in [0.717, 1.165) is 0 Å². The molecule has 1 N–H and O–H groups in total. The van der Waals surface area contributed by atoms with Gasteiger partial charge in [-0.3, -0.25) is 4.40 Å². The number of hydrogen-bond acceptors (Lipinski definition) is 4. The summed E-state index contributed by atoms with van der Waals surface area (Å²) in [6.45, 7) is 1.41. The van der Waals surface area contributed by atoms with Gasteiger partial charge >= 0.3 is 6.18 Å². The number of nitrogens with zero attached hydrogens (tertiary/aromatic N) is 4. The van der Waals surface area contributed by atoms with E-state index in [1.54, 1.807) is 6.07 Å². The smallest absolute Gasteiger partial charge is 0.290 e. The van der Waals surface area contributed by atoms with Gasteiger partial charge in [0.15, 0.2) is 0 Å². The highest BCUT2D eigenvalue weighted by molar-refractivity contribution is 9.10. The van der Waals surface area contributed by atoms with Crippen molar-refractivity contribution in [3.8, 4) is 11.4 Å². The fourth-order valence-corrected chi connectivity index (χ4v) is 3.55. The van der Waals surface area contributed by atoms with Crippen LogP contribution in [0.25, 0.3) is 17.0 Å². The first-order valence-corrected chi connectivity index (χ1v) is 9.42. The van der Waals surface area contributed by atoms with Crippen molar-refractivity contribution in [1.29, 1.82) is 0 Å². The van der Waals surface area contributed by atoms with Crippen LogP contribution in [-0.2, 0) is 20.6 Å². The zero-order valence-electron chi connectivity index (χ0n) is 12.7. The third kappa shape index (κ3) is 3.44. The maximum Gasteiger partial charge on any atom is 0.418 e. The van der Waals surface area contributed by atoms with Crippen LogP contribution in [0.3, 0.4) is 0 Å². The zero-order chi connectivity index (χ0) is 18.4. The maximum atomic E-state index is 13.0. The lowest BCUT2D eigenvalue weighted by molar-refractivity contribution is -0.138. The molecule has 3 rings (SSSR count). The Hall–Kier alpha value is -1.85. The molecule has 0 fully saturated rings. The largest absolute Gasteiger partial charge is 0.418 e. The molecule has 3 heterocycles. The normalized spacial score (nSPS) is 14.6. The fraction of sp³-hybridized carbons (Fsp3) is 0.214. The zero-order valence-corrected chi connectivity index (χ0v) is 15.1. The maximum absolute atomic E-state index is 13.0. The van der Waals surface area contributed by atoms with E-state index in [1.807, 2.05) is 0 Å². The second kappa shape index (κ2) is 6.15. The Kier molecular flexibility index (Phi) is 4.41. The summed E-state index contributed by atoms with van der Waals surface area (Å²) in [7, 11) is -3.69.